The van der Waals surface area contributed by atoms with Crippen LogP contribution in [0.2, 0.25) is 19.4 Å². The molecule has 1 fully saturated rings. The minimum Gasteiger partial charge on any atom is -0.370 e. The van der Waals surface area contributed by atoms with Gasteiger partial charge in [-0.25, -0.2) is 4.98 Å². The molecule has 6 nitrogen and oxygen atoms in total. The number of thiophene rings is 1. The number of aromatic nitrogens is 2. The average molecular weight is 651 g/mol. The lowest BCUT2D eigenvalue weighted by atomic mass is 9.97. The molecule has 2 N–H and O–H groups in total. The van der Waals surface area contributed by atoms with Crippen LogP contribution in [0, 0.1) is 5.92 Å². The first kappa shape index (κ1) is 29.1. The summed E-state index contributed by atoms with van der Waals surface area (Å²) >= 11 is 26.8. The van der Waals surface area contributed by atoms with E-state index in [0.29, 0.717) is 71.2 Å². The minimum atomic E-state index is -4.26. The van der Waals surface area contributed by atoms with Crippen LogP contribution in [0.25, 0.3) is 11.0 Å². The predicted molar refractivity (Wildman–Crippen MR) is 157 cm³/mol. The van der Waals surface area contributed by atoms with E-state index in [9.17, 15) is 18.0 Å². The number of nitrogens with zero attached hydrogens (tertiary/aromatic N) is 3. The van der Waals surface area contributed by atoms with Crippen molar-refractivity contribution in [1.82, 2.24) is 14.9 Å². The molecule has 40 heavy (non-hydrogen) atoms. The van der Waals surface area contributed by atoms with E-state index in [4.69, 9.17) is 46.4 Å². The Kier molecular flexibility index (Phi) is 8.37. The van der Waals surface area contributed by atoms with Crippen LogP contribution in [0.5, 0.6) is 0 Å². The Bertz CT molecular complexity index is 1590. The lowest BCUT2D eigenvalue weighted by Crippen LogP contribution is -2.41. The number of halogens is 7. The van der Waals surface area contributed by atoms with Gasteiger partial charge in [0.15, 0.2) is 0 Å². The monoisotopic (exact) mass is 649 g/mol. The van der Waals surface area contributed by atoms with Gasteiger partial charge < -0.3 is 20.1 Å². The number of carbonyl (C=O) groups is 1. The number of aryl methyl sites for hydroxylation is 1. The van der Waals surface area contributed by atoms with Crippen molar-refractivity contribution in [3.63, 3.8) is 0 Å². The number of nitrogens with one attached hydrogen (secondary N) is 2. The summed E-state index contributed by atoms with van der Waals surface area (Å²) in [6.45, 7) is 0.482. The van der Waals surface area contributed by atoms with Gasteiger partial charge in [-0.15, -0.1) is 11.3 Å². The molecule has 1 aliphatic rings. The molecule has 0 bridgehead atoms. The molecule has 0 saturated carbocycles. The number of fused-ring (bicyclic) bond motifs is 1. The zero-order valence-electron chi connectivity index (χ0n) is 20.9. The molecule has 3 heterocycles. The summed E-state index contributed by atoms with van der Waals surface area (Å²) in [4.78, 5) is 19.2. The minimum absolute atomic E-state index is 0.103. The second kappa shape index (κ2) is 11.5. The summed E-state index contributed by atoms with van der Waals surface area (Å²) in [5.74, 6) is -1.29. The number of imidazole rings is 1. The molecule has 1 amide bonds. The molecule has 1 unspecified atom stereocenters. The fraction of sp³-hybridized carbons (Fsp3) is 0.308. The third-order valence-corrected chi connectivity index (χ3v) is 9.10. The van der Waals surface area contributed by atoms with Crippen molar-refractivity contribution in [3.8, 4) is 0 Å². The van der Waals surface area contributed by atoms with Crippen LogP contribution in [-0.2, 0) is 13.6 Å². The van der Waals surface area contributed by atoms with Crippen molar-refractivity contribution in [2.24, 2.45) is 13.0 Å². The molecule has 212 valence electrons. The highest BCUT2D eigenvalue weighted by Crippen LogP contribution is 2.40. The first-order valence-corrected chi connectivity index (χ1v) is 14.5. The van der Waals surface area contributed by atoms with E-state index in [0.717, 1.165) is 0 Å². The zero-order valence-corrected chi connectivity index (χ0v) is 24.7. The van der Waals surface area contributed by atoms with Gasteiger partial charge in [-0.05, 0) is 48.7 Å². The molecule has 1 aliphatic heterocycles. The van der Waals surface area contributed by atoms with Crippen LogP contribution in [-0.4, -0.2) is 34.7 Å². The molecule has 1 atom stereocenters. The fourth-order valence-corrected chi connectivity index (χ4v) is 6.45. The summed E-state index contributed by atoms with van der Waals surface area (Å²) < 4.78 is 42.4. The topological polar surface area (TPSA) is 62.2 Å². The number of anilines is 3. The number of piperidine rings is 1. The molecule has 5 rings (SSSR count). The van der Waals surface area contributed by atoms with Crippen LogP contribution in [0.15, 0.2) is 36.4 Å². The largest absolute Gasteiger partial charge is 0.393 e. The second-order valence-corrected chi connectivity index (χ2v) is 12.3. The Morgan fingerprint density at radius 1 is 1.12 bits per heavy atom. The molecule has 14 heteroatoms. The second-order valence-electron chi connectivity index (χ2n) is 9.42. The molecule has 4 aromatic rings. The van der Waals surface area contributed by atoms with Crippen LogP contribution in [0.3, 0.4) is 0 Å². The number of hydrogen-bond donors (Lipinski definition) is 2. The Labute approximate surface area is 252 Å². The quantitative estimate of drug-likeness (QED) is 0.219. The van der Waals surface area contributed by atoms with Crippen molar-refractivity contribution in [1.29, 1.82) is 0 Å². The highest BCUT2D eigenvalue weighted by Gasteiger charge is 2.42. The molecule has 0 spiro atoms. The van der Waals surface area contributed by atoms with E-state index in [1.54, 1.807) is 52.9 Å². The van der Waals surface area contributed by atoms with Crippen molar-refractivity contribution in [2.75, 3.05) is 23.3 Å². The van der Waals surface area contributed by atoms with Crippen molar-refractivity contribution in [2.45, 2.75) is 25.6 Å². The maximum Gasteiger partial charge on any atom is 0.393 e. The number of alkyl halides is 3. The molecule has 2 aromatic heterocycles. The molecule has 0 aliphatic carbocycles. The van der Waals surface area contributed by atoms with E-state index < -0.39 is 12.1 Å². The van der Waals surface area contributed by atoms with E-state index in [-0.39, 0.29) is 25.4 Å². The van der Waals surface area contributed by atoms with E-state index in [1.165, 1.54) is 11.3 Å². The van der Waals surface area contributed by atoms with Crippen LogP contribution in [0.1, 0.15) is 28.1 Å². The maximum absolute atomic E-state index is 13.4. The summed E-state index contributed by atoms with van der Waals surface area (Å²) in [5.41, 5.74) is 2.76. The van der Waals surface area contributed by atoms with E-state index in [2.05, 4.69) is 15.6 Å². The first-order valence-electron chi connectivity index (χ1n) is 12.2. The molecule has 1 saturated heterocycles. The Morgan fingerprint density at radius 3 is 2.60 bits per heavy atom. The lowest BCUT2D eigenvalue weighted by molar-refractivity contribution is -0.175. The Hall–Kier alpha value is -2.37. The Morgan fingerprint density at radius 2 is 1.90 bits per heavy atom. The van der Waals surface area contributed by atoms with Crippen molar-refractivity contribution >= 4 is 92.0 Å². The highest BCUT2D eigenvalue weighted by atomic mass is 35.5. The zero-order chi connectivity index (χ0) is 28.8. The van der Waals surface area contributed by atoms with Gasteiger partial charge in [0.2, 0.25) is 5.95 Å². The Balaban J connectivity index is 1.39. The summed E-state index contributed by atoms with van der Waals surface area (Å²) in [5, 5.41) is 6.93. The van der Waals surface area contributed by atoms with Crippen LogP contribution in [0.4, 0.5) is 30.5 Å². The third kappa shape index (κ3) is 5.97. The smallest absolute Gasteiger partial charge is 0.370 e. The van der Waals surface area contributed by atoms with Crippen molar-refractivity contribution in [3.05, 3.63) is 66.2 Å². The van der Waals surface area contributed by atoms with E-state index >= 15 is 0 Å². The van der Waals surface area contributed by atoms with Gasteiger partial charge in [-0.1, -0.05) is 52.5 Å². The van der Waals surface area contributed by atoms with Crippen molar-refractivity contribution < 1.29 is 18.0 Å². The summed E-state index contributed by atoms with van der Waals surface area (Å²) in [6.07, 6.45) is -3.73. The van der Waals surface area contributed by atoms with Gasteiger partial charge in [-0.3, -0.25) is 4.79 Å². The first-order chi connectivity index (χ1) is 18.9. The van der Waals surface area contributed by atoms with Crippen LogP contribution < -0.4 is 15.5 Å². The number of carbonyl (C=O) groups excluding carboxylic acids is 1. The SMILES string of the molecule is Cn1c(Nc2c(Cl)ccc(CNC(=O)c3ccc(Cl)s3)c2Cl)nc2cc(Cl)c(N3CCCC(C(F)(F)F)C3)cc21. The standard InChI is InChI=1S/C26H22Cl4F3N5OS/c1-37-19-10-18(38-8-2-3-14(12-38)26(31,32)33)16(28)9-17(19)35-25(37)36-23-15(27)5-4-13(22(23)30)11-34-24(39)20-6-7-21(29)40-20/h4-7,9-10,14H,2-3,8,11-12H2,1H3,(H,34,39)(H,35,36). The fourth-order valence-electron chi connectivity index (χ4n) is 4.68. The van der Waals surface area contributed by atoms with Gasteiger partial charge in [0.25, 0.3) is 5.91 Å². The molecular weight excluding hydrogens is 629 g/mol. The summed E-state index contributed by atoms with van der Waals surface area (Å²) in [7, 11) is 1.77. The number of rotatable bonds is 6. The van der Waals surface area contributed by atoms with Gasteiger partial charge in [0.05, 0.1) is 52.6 Å². The summed E-state index contributed by atoms with van der Waals surface area (Å²) in [6, 6.07) is 10.1. The van der Waals surface area contributed by atoms with Gasteiger partial charge >= 0.3 is 6.18 Å². The van der Waals surface area contributed by atoms with Gasteiger partial charge in [0, 0.05) is 26.7 Å². The predicted octanol–water partition coefficient (Wildman–Crippen LogP) is 8.70. The number of amides is 1. The molecule has 2 aromatic carbocycles. The molecular formula is C26H22Cl4F3N5OS. The number of benzene rings is 2. The van der Waals surface area contributed by atoms with Gasteiger partial charge in [0.1, 0.15) is 0 Å². The van der Waals surface area contributed by atoms with Crippen LogP contribution >= 0.6 is 57.7 Å². The third-order valence-electron chi connectivity index (χ3n) is 6.82. The lowest BCUT2D eigenvalue weighted by Gasteiger charge is -2.35. The average Bonchev–Trinajstić information content (AvgIpc) is 3.47. The highest BCUT2D eigenvalue weighted by molar-refractivity contribution is 7.18. The van der Waals surface area contributed by atoms with E-state index in [1.807, 2.05) is 0 Å². The maximum atomic E-state index is 13.4. The van der Waals surface area contributed by atoms with Gasteiger partial charge in [-0.2, -0.15) is 13.2 Å². The molecule has 0 radical (unpaired) electrons. The number of hydrogen-bond acceptors (Lipinski definition) is 5. The normalized spacial score (nSPS) is 16.0.